The monoisotopic (exact) mass is 424 g/mol. The molecule has 1 heterocycles. The van der Waals surface area contributed by atoms with E-state index < -0.39 is 5.91 Å². The zero-order valence-electron chi connectivity index (χ0n) is 13.4. The van der Waals surface area contributed by atoms with Gasteiger partial charge in [-0.2, -0.15) is 5.26 Å². The van der Waals surface area contributed by atoms with Crippen LogP contribution in [0.3, 0.4) is 0 Å². The molecule has 0 saturated heterocycles. The summed E-state index contributed by atoms with van der Waals surface area (Å²) in [5, 5.41) is 15.0. The fourth-order valence-electron chi connectivity index (χ4n) is 2.18. The average Bonchev–Trinajstić information content (AvgIpc) is 3.13. The summed E-state index contributed by atoms with van der Waals surface area (Å²) in [6.45, 7) is 0. The van der Waals surface area contributed by atoms with Crippen LogP contribution in [0, 0.1) is 11.3 Å². The summed E-state index contributed by atoms with van der Waals surface area (Å²) in [6.07, 6.45) is 1.60. The number of thiazole rings is 1. The summed E-state index contributed by atoms with van der Waals surface area (Å²) in [4.78, 5) is 15.6. The van der Waals surface area contributed by atoms with Crippen molar-refractivity contribution in [2.45, 2.75) is 0 Å². The molecule has 1 amide bonds. The van der Waals surface area contributed by atoms with Crippen molar-refractivity contribution in [3.8, 4) is 17.3 Å². The molecule has 0 aliphatic heterocycles. The van der Waals surface area contributed by atoms with Crippen molar-refractivity contribution in [1.82, 2.24) is 4.98 Å². The second-order valence-corrected chi connectivity index (χ2v) is 7.07. The zero-order chi connectivity index (χ0) is 18.5. The third kappa shape index (κ3) is 4.17. The highest BCUT2D eigenvalue weighted by molar-refractivity contribution is 9.10. The standard InChI is InChI=1S/C19H13BrN4OS/c20-15-5-1-12(2-6-15)17-11-26-19(24-17)14(9-21)10-23-16-7-3-13(4-8-16)18(22)25/h1-8,10-11,23H,(H2,22,25). The number of hydrogen-bond donors (Lipinski definition) is 2. The van der Waals surface area contributed by atoms with E-state index in [4.69, 9.17) is 5.73 Å². The lowest BCUT2D eigenvalue weighted by atomic mass is 10.2. The van der Waals surface area contributed by atoms with Gasteiger partial charge in [-0.25, -0.2) is 4.98 Å². The first-order valence-electron chi connectivity index (χ1n) is 7.55. The highest BCUT2D eigenvalue weighted by Gasteiger charge is 2.09. The molecule has 3 aromatic rings. The van der Waals surface area contributed by atoms with E-state index in [9.17, 15) is 10.1 Å². The van der Waals surface area contributed by atoms with Gasteiger partial charge >= 0.3 is 0 Å². The Labute approximate surface area is 162 Å². The highest BCUT2D eigenvalue weighted by atomic mass is 79.9. The van der Waals surface area contributed by atoms with Gasteiger partial charge in [0.1, 0.15) is 16.6 Å². The van der Waals surface area contributed by atoms with Gasteiger partial charge in [-0.1, -0.05) is 28.1 Å². The SMILES string of the molecule is N#CC(=CNc1ccc(C(N)=O)cc1)c1nc(-c2ccc(Br)cc2)cs1. The molecule has 0 radical (unpaired) electrons. The lowest BCUT2D eigenvalue weighted by Crippen LogP contribution is -2.10. The Hall–Kier alpha value is -2.95. The maximum atomic E-state index is 11.1. The van der Waals surface area contributed by atoms with E-state index in [1.165, 1.54) is 11.3 Å². The summed E-state index contributed by atoms with van der Waals surface area (Å²) in [5.41, 5.74) is 8.63. The van der Waals surface area contributed by atoms with Crippen LogP contribution in [0.25, 0.3) is 16.8 Å². The number of amides is 1. The summed E-state index contributed by atoms with van der Waals surface area (Å²) in [5.74, 6) is -0.479. The summed E-state index contributed by atoms with van der Waals surface area (Å²) in [7, 11) is 0. The molecule has 3 rings (SSSR count). The molecule has 3 N–H and O–H groups in total. The third-order valence-electron chi connectivity index (χ3n) is 3.55. The van der Waals surface area contributed by atoms with Crippen molar-refractivity contribution in [2.75, 3.05) is 5.32 Å². The van der Waals surface area contributed by atoms with Gasteiger partial charge in [0.15, 0.2) is 0 Å². The number of halogens is 1. The van der Waals surface area contributed by atoms with Gasteiger partial charge in [-0.15, -0.1) is 11.3 Å². The number of nitriles is 1. The summed E-state index contributed by atoms with van der Waals surface area (Å²) in [6, 6.07) is 16.7. The number of carbonyl (C=O) groups is 1. The van der Waals surface area contributed by atoms with E-state index in [2.05, 4.69) is 32.3 Å². The summed E-state index contributed by atoms with van der Waals surface area (Å²) >= 11 is 4.82. The number of allylic oxidation sites excluding steroid dienone is 1. The van der Waals surface area contributed by atoms with Gasteiger partial charge in [0.25, 0.3) is 0 Å². The van der Waals surface area contributed by atoms with E-state index in [0.717, 1.165) is 21.4 Å². The molecule has 0 saturated carbocycles. The van der Waals surface area contributed by atoms with E-state index in [1.54, 1.807) is 30.5 Å². The topological polar surface area (TPSA) is 91.8 Å². The molecule has 0 unspecified atom stereocenters. The lowest BCUT2D eigenvalue weighted by Gasteiger charge is -2.02. The number of nitrogens with one attached hydrogen (secondary N) is 1. The van der Waals surface area contributed by atoms with Crippen LogP contribution in [0.4, 0.5) is 5.69 Å². The fraction of sp³-hybridized carbons (Fsp3) is 0. The van der Waals surface area contributed by atoms with E-state index >= 15 is 0 Å². The van der Waals surface area contributed by atoms with Crippen molar-refractivity contribution in [1.29, 1.82) is 5.26 Å². The minimum atomic E-state index is -0.479. The van der Waals surface area contributed by atoms with Gasteiger partial charge in [-0.05, 0) is 36.4 Å². The number of rotatable bonds is 5. The summed E-state index contributed by atoms with van der Waals surface area (Å²) < 4.78 is 1.00. The molecule has 128 valence electrons. The second-order valence-electron chi connectivity index (χ2n) is 5.30. The maximum Gasteiger partial charge on any atom is 0.248 e. The Morgan fingerprint density at radius 1 is 1.19 bits per heavy atom. The number of nitrogens with zero attached hydrogens (tertiary/aromatic N) is 2. The molecule has 0 fully saturated rings. The largest absolute Gasteiger partial charge is 0.366 e. The van der Waals surface area contributed by atoms with Crippen molar-refractivity contribution in [3.05, 3.63) is 75.2 Å². The maximum absolute atomic E-state index is 11.1. The minimum Gasteiger partial charge on any atom is -0.366 e. The van der Waals surface area contributed by atoms with Crippen LogP contribution in [-0.4, -0.2) is 10.9 Å². The number of aromatic nitrogens is 1. The van der Waals surface area contributed by atoms with Crippen LogP contribution < -0.4 is 11.1 Å². The fourth-order valence-corrected chi connectivity index (χ4v) is 3.24. The Morgan fingerprint density at radius 2 is 1.88 bits per heavy atom. The van der Waals surface area contributed by atoms with E-state index in [1.807, 2.05) is 29.6 Å². The molecule has 0 aliphatic rings. The van der Waals surface area contributed by atoms with Crippen molar-refractivity contribution in [2.24, 2.45) is 5.73 Å². The van der Waals surface area contributed by atoms with Gasteiger partial charge in [0.05, 0.1) is 5.69 Å². The van der Waals surface area contributed by atoms with Crippen LogP contribution in [-0.2, 0) is 0 Å². The van der Waals surface area contributed by atoms with Crippen molar-refractivity contribution >= 4 is 44.4 Å². The molecule has 0 bridgehead atoms. The quantitative estimate of drug-likeness (QED) is 0.583. The number of anilines is 1. The van der Waals surface area contributed by atoms with Crippen LogP contribution in [0.15, 0.2) is 64.6 Å². The predicted molar refractivity (Wildman–Crippen MR) is 107 cm³/mol. The van der Waals surface area contributed by atoms with E-state index in [-0.39, 0.29) is 0 Å². The number of nitrogens with two attached hydrogens (primary N) is 1. The molecular weight excluding hydrogens is 412 g/mol. The predicted octanol–water partition coefficient (Wildman–Crippen LogP) is 4.65. The number of hydrogen-bond acceptors (Lipinski definition) is 5. The molecule has 26 heavy (non-hydrogen) atoms. The smallest absolute Gasteiger partial charge is 0.248 e. The molecule has 0 atom stereocenters. The van der Waals surface area contributed by atoms with Gasteiger partial charge in [0.2, 0.25) is 5.91 Å². The molecule has 1 aromatic heterocycles. The molecule has 0 spiro atoms. The first kappa shape index (κ1) is 17.9. The normalized spacial score (nSPS) is 11.0. The molecule has 0 aliphatic carbocycles. The van der Waals surface area contributed by atoms with Crippen LogP contribution >= 0.6 is 27.3 Å². The first-order chi connectivity index (χ1) is 12.6. The average molecular weight is 425 g/mol. The Morgan fingerprint density at radius 3 is 2.50 bits per heavy atom. The van der Waals surface area contributed by atoms with Crippen LogP contribution in [0.1, 0.15) is 15.4 Å². The highest BCUT2D eigenvalue weighted by Crippen LogP contribution is 2.27. The second kappa shape index (κ2) is 7.95. The lowest BCUT2D eigenvalue weighted by molar-refractivity contribution is 0.100. The van der Waals surface area contributed by atoms with Crippen molar-refractivity contribution in [3.63, 3.8) is 0 Å². The molecule has 5 nitrogen and oxygen atoms in total. The number of benzene rings is 2. The number of primary amides is 1. The minimum absolute atomic E-state index is 0.428. The van der Waals surface area contributed by atoms with Crippen molar-refractivity contribution < 1.29 is 4.79 Å². The molecule has 7 heteroatoms. The zero-order valence-corrected chi connectivity index (χ0v) is 15.8. The third-order valence-corrected chi connectivity index (χ3v) is 4.95. The van der Waals surface area contributed by atoms with Gasteiger partial charge in [-0.3, -0.25) is 4.79 Å². The molecular formula is C19H13BrN4OS. The number of carbonyl (C=O) groups excluding carboxylic acids is 1. The van der Waals surface area contributed by atoms with Crippen LogP contribution in [0.5, 0.6) is 0 Å². The van der Waals surface area contributed by atoms with E-state index in [0.29, 0.717) is 16.1 Å². The first-order valence-corrected chi connectivity index (χ1v) is 9.22. The Bertz CT molecular complexity index is 1000. The Balaban J connectivity index is 1.78. The molecule has 2 aromatic carbocycles. The van der Waals surface area contributed by atoms with Gasteiger partial charge in [0, 0.05) is 32.9 Å². The van der Waals surface area contributed by atoms with Gasteiger partial charge < -0.3 is 11.1 Å². The van der Waals surface area contributed by atoms with Crippen LogP contribution in [0.2, 0.25) is 0 Å². The Kier molecular flexibility index (Phi) is 5.46.